The SMILES string of the molecule is C=CS(=O)(=O)NC1CCN(C(=O)COc2ccc3nncn3n2)CC1. The predicted molar refractivity (Wildman–Crippen MR) is 88.1 cm³/mol. The molecule has 1 fully saturated rings. The van der Waals surface area contributed by atoms with E-state index < -0.39 is 10.0 Å². The summed E-state index contributed by atoms with van der Waals surface area (Å²) in [7, 11) is -3.45. The standard InChI is InChI=1S/C14H18N6O4S/c1-2-25(22,23)18-11-5-7-19(8-6-11)14(21)9-24-13-4-3-12-16-15-10-20(12)17-13/h2-4,10-11,18H,1,5-9H2. The maximum Gasteiger partial charge on any atom is 0.260 e. The molecule has 0 atom stereocenters. The van der Waals surface area contributed by atoms with Crippen LogP contribution < -0.4 is 9.46 Å². The molecule has 1 amide bonds. The van der Waals surface area contributed by atoms with E-state index in [0.717, 1.165) is 5.41 Å². The van der Waals surface area contributed by atoms with Gasteiger partial charge in [0.25, 0.3) is 5.91 Å². The van der Waals surface area contributed by atoms with Crippen LogP contribution in [0.25, 0.3) is 5.65 Å². The van der Waals surface area contributed by atoms with Gasteiger partial charge in [-0.15, -0.1) is 15.3 Å². The summed E-state index contributed by atoms with van der Waals surface area (Å²) in [4.78, 5) is 13.9. The predicted octanol–water partition coefficient (Wildman–Crippen LogP) is -0.443. The van der Waals surface area contributed by atoms with Gasteiger partial charge in [0.2, 0.25) is 15.9 Å². The van der Waals surface area contributed by atoms with Crippen molar-refractivity contribution in [1.29, 1.82) is 0 Å². The summed E-state index contributed by atoms with van der Waals surface area (Å²) in [5.41, 5.74) is 0.586. The third-order valence-electron chi connectivity index (χ3n) is 3.88. The average Bonchev–Trinajstić information content (AvgIpc) is 3.08. The highest BCUT2D eigenvalue weighted by Crippen LogP contribution is 2.13. The third kappa shape index (κ3) is 4.31. The molecule has 2 aromatic heterocycles. The van der Waals surface area contributed by atoms with Gasteiger partial charge in [-0.3, -0.25) is 4.79 Å². The lowest BCUT2D eigenvalue weighted by Gasteiger charge is -2.31. The van der Waals surface area contributed by atoms with Crippen LogP contribution >= 0.6 is 0 Å². The summed E-state index contributed by atoms with van der Waals surface area (Å²) >= 11 is 0. The molecule has 0 spiro atoms. The molecule has 0 unspecified atom stereocenters. The summed E-state index contributed by atoms with van der Waals surface area (Å²) < 4.78 is 32.3. The molecule has 10 nitrogen and oxygen atoms in total. The van der Waals surface area contributed by atoms with Crippen LogP contribution in [0.5, 0.6) is 5.88 Å². The Morgan fingerprint density at radius 1 is 1.40 bits per heavy atom. The number of amides is 1. The van der Waals surface area contributed by atoms with Crippen LogP contribution in [0.4, 0.5) is 0 Å². The minimum atomic E-state index is -3.45. The first-order chi connectivity index (χ1) is 12.0. The Morgan fingerprint density at radius 3 is 2.88 bits per heavy atom. The van der Waals surface area contributed by atoms with Crippen molar-refractivity contribution >= 4 is 21.6 Å². The second kappa shape index (κ2) is 7.15. The number of ether oxygens (including phenoxy) is 1. The van der Waals surface area contributed by atoms with E-state index in [1.165, 1.54) is 10.8 Å². The van der Waals surface area contributed by atoms with Crippen molar-refractivity contribution in [2.75, 3.05) is 19.7 Å². The number of carbonyl (C=O) groups is 1. The van der Waals surface area contributed by atoms with E-state index in [0.29, 0.717) is 37.5 Å². The first-order valence-electron chi connectivity index (χ1n) is 7.69. The van der Waals surface area contributed by atoms with Gasteiger partial charge < -0.3 is 9.64 Å². The lowest BCUT2D eigenvalue weighted by molar-refractivity contribution is -0.134. The molecule has 0 bridgehead atoms. The molecule has 25 heavy (non-hydrogen) atoms. The number of nitrogens with one attached hydrogen (secondary N) is 1. The highest BCUT2D eigenvalue weighted by Gasteiger charge is 2.25. The van der Waals surface area contributed by atoms with Crippen molar-refractivity contribution in [3.8, 4) is 5.88 Å². The molecule has 2 aromatic rings. The highest BCUT2D eigenvalue weighted by molar-refractivity contribution is 7.92. The second-order valence-corrected chi connectivity index (χ2v) is 7.24. The van der Waals surface area contributed by atoms with Gasteiger partial charge in [0.1, 0.15) is 6.33 Å². The molecular weight excluding hydrogens is 348 g/mol. The van der Waals surface area contributed by atoms with Crippen LogP contribution in [0.1, 0.15) is 12.8 Å². The number of aromatic nitrogens is 4. The van der Waals surface area contributed by atoms with Crippen molar-refractivity contribution in [2.45, 2.75) is 18.9 Å². The highest BCUT2D eigenvalue weighted by atomic mass is 32.2. The fraction of sp³-hybridized carbons (Fsp3) is 0.429. The van der Waals surface area contributed by atoms with Crippen LogP contribution in [-0.4, -0.2) is 64.8 Å². The van der Waals surface area contributed by atoms with Crippen molar-refractivity contribution in [3.05, 3.63) is 30.4 Å². The number of hydrogen-bond donors (Lipinski definition) is 1. The third-order valence-corrected chi connectivity index (χ3v) is 4.98. The molecular formula is C14H18N6O4S. The fourth-order valence-electron chi connectivity index (χ4n) is 2.54. The van der Waals surface area contributed by atoms with Crippen LogP contribution in [0.3, 0.4) is 0 Å². The van der Waals surface area contributed by atoms with E-state index in [-0.39, 0.29) is 18.6 Å². The summed E-state index contributed by atoms with van der Waals surface area (Å²) in [5, 5.41) is 12.6. The van der Waals surface area contributed by atoms with Crippen molar-refractivity contribution in [3.63, 3.8) is 0 Å². The van der Waals surface area contributed by atoms with Gasteiger partial charge in [0.15, 0.2) is 12.3 Å². The lowest BCUT2D eigenvalue weighted by atomic mass is 10.1. The number of rotatable bonds is 6. The molecule has 3 heterocycles. The molecule has 134 valence electrons. The maximum atomic E-state index is 12.2. The zero-order chi connectivity index (χ0) is 17.9. The fourth-order valence-corrected chi connectivity index (χ4v) is 3.34. The zero-order valence-electron chi connectivity index (χ0n) is 13.4. The van der Waals surface area contributed by atoms with Crippen LogP contribution in [0.2, 0.25) is 0 Å². The molecule has 0 radical (unpaired) electrons. The molecule has 3 rings (SSSR count). The van der Waals surface area contributed by atoms with E-state index in [1.807, 2.05) is 0 Å². The van der Waals surface area contributed by atoms with E-state index in [4.69, 9.17) is 4.74 Å². The molecule has 11 heteroatoms. The number of fused-ring (bicyclic) bond motifs is 1. The van der Waals surface area contributed by atoms with Crippen molar-refractivity contribution < 1.29 is 17.9 Å². The summed E-state index contributed by atoms with van der Waals surface area (Å²) in [6, 6.07) is 3.12. The monoisotopic (exact) mass is 366 g/mol. The van der Waals surface area contributed by atoms with E-state index in [2.05, 4.69) is 26.6 Å². The van der Waals surface area contributed by atoms with Gasteiger partial charge in [-0.2, -0.15) is 4.52 Å². The number of sulfonamides is 1. The molecule has 0 aromatic carbocycles. The number of piperidine rings is 1. The van der Waals surface area contributed by atoms with Crippen LogP contribution in [-0.2, 0) is 14.8 Å². The van der Waals surface area contributed by atoms with Gasteiger partial charge in [-0.1, -0.05) is 6.58 Å². The molecule has 0 saturated carbocycles. The van der Waals surface area contributed by atoms with Crippen molar-refractivity contribution in [2.24, 2.45) is 0 Å². The number of likely N-dealkylation sites (tertiary alicyclic amines) is 1. The number of carbonyl (C=O) groups excluding carboxylic acids is 1. The topological polar surface area (TPSA) is 119 Å². The molecule has 1 aliphatic rings. The Morgan fingerprint density at radius 2 is 2.16 bits per heavy atom. The summed E-state index contributed by atoms with van der Waals surface area (Å²) in [5.74, 6) is 0.130. The van der Waals surface area contributed by atoms with E-state index in [1.54, 1.807) is 17.0 Å². The van der Waals surface area contributed by atoms with Gasteiger partial charge in [0.05, 0.1) is 0 Å². The second-order valence-electron chi connectivity index (χ2n) is 5.58. The maximum absolute atomic E-state index is 12.2. The summed E-state index contributed by atoms with van der Waals surface area (Å²) in [6.07, 6.45) is 2.53. The molecule has 1 N–H and O–H groups in total. The zero-order valence-corrected chi connectivity index (χ0v) is 14.2. The first kappa shape index (κ1) is 17.3. The van der Waals surface area contributed by atoms with Gasteiger partial charge >= 0.3 is 0 Å². The number of hydrogen-bond acceptors (Lipinski definition) is 7. The Balaban J connectivity index is 1.48. The Labute approximate surface area is 144 Å². The van der Waals surface area contributed by atoms with E-state index >= 15 is 0 Å². The minimum Gasteiger partial charge on any atom is -0.467 e. The van der Waals surface area contributed by atoms with E-state index in [9.17, 15) is 13.2 Å². The molecule has 0 aliphatic carbocycles. The smallest absolute Gasteiger partial charge is 0.260 e. The lowest BCUT2D eigenvalue weighted by Crippen LogP contribution is -2.47. The molecule has 1 aliphatic heterocycles. The Kier molecular flexibility index (Phi) is 4.95. The average molecular weight is 366 g/mol. The van der Waals surface area contributed by atoms with Gasteiger partial charge in [0, 0.05) is 30.6 Å². The largest absolute Gasteiger partial charge is 0.467 e. The summed E-state index contributed by atoms with van der Waals surface area (Å²) in [6.45, 7) is 4.05. The number of nitrogens with zero attached hydrogens (tertiary/aromatic N) is 5. The Hall–Kier alpha value is -2.53. The van der Waals surface area contributed by atoms with Crippen LogP contribution in [0.15, 0.2) is 30.4 Å². The Bertz CT molecular complexity index is 872. The van der Waals surface area contributed by atoms with Gasteiger partial charge in [-0.25, -0.2) is 13.1 Å². The van der Waals surface area contributed by atoms with Crippen LogP contribution in [0, 0.1) is 0 Å². The van der Waals surface area contributed by atoms with Gasteiger partial charge in [-0.05, 0) is 18.9 Å². The minimum absolute atomic E-state index is 0.135. The first-order valence-corrected chi connectivity index (χ1v) is 9.24. The normalized spacial score (nSPS) is 16.1. The van der Waals surface area contributed by atoms with Crippen molar-refractivity contribution in [1.82, 2.24) is 29.4 Å². The quantitative estimate of drug-likeness (QED) is 0.736. The molecule has 1 saturated heterocycles.